The summed E-state index contributed by atoms with van der Waals surface area (Å²) in [6.07, 6.45) is 1.97. The van der Waals surface area contributed by atoms with Gasteiger partial charge in [0.25, 0.3) is 11.8 Å². The minimum Gasteiger partial charge on any atom is -0.510 e. The molecule has 1 fully saturated rings. The molecule has 0 aliphatic carbocycles. The first-order valence-electron chi connectivity index (χ1n) is 12.7. The van der Waals surface area contributed by atoms with Crippen LogP contribution in [0.25, 0.3) is 0 Å². The first kappa shape index (κ1) is 27.0. The van der Waals surface area contributed by atoms with Gasteiger partial charge in [-0.2, -0.15) is 0 Å². The number of amides is 2. The molecule has 10 heteroatoms. The number of hydrogen-bond donors (Lipinski definition) is 1. The molecular formula is C30H27F2N3O5. The van der Waals surface area contributed by atoms with Crippen LogP contribution in [0.4, 0.5) is 8.78 Å². The van der Waals surface area contributed by atoms with Crippen molar-refractivity contribution in [2.75, 3.05) is 27.3 Å². The molecule has 1 aromatic heterocycles. The largest absolute Gasteiger partial charge is 0.510 e. The smallest absolute Gasteiger partial charge is 0.286 e. The predicted molar refractivity (Wildman–Crippen MR) is 143 cm³/mol. The monoisotopic (exact) mass is 547 g/mol. The Kier molecular flexibility index (Phi) is 7.34. The van der Waals surface area contributed by atoms with Crippen molar-refractivity contribution in [1.82, 2.24) is 9.88 Å². The predicted octanol–water partition coefficient (Wildman–Crippen LogP) is 4.63. The zero-order valence-electron chi connectivity index (χ0n) is 22.1. The molecule has 2 aliphatic heterocycles. The summed E-state index contributed by atoms with van der Waals surface area (Å²) in [6.45, 7) is 2.15. The molecule has 3 aromatic rings. The average Bonchev–Trinajstić information content (AvgIpc) is 3.42. The van der Waals surface area contributed by atoms with Gasteiger partial charge in [0.15, 0.2) is 0 Å². The second-order valence-corrected chi connectivity index (χ2v) is 9.69. The lowest BCUT2D eigenvalue weighted by Crippen LogP contribution is -2.37. The van der Waals surface area contributed by atoms with Crippen molar-refractivity contribution in [2.45, 2.75) is 25.2 Å². The Balaban J connectivity index is 1.58. The van der Waals surface area contributed by atoms with E-state index in [2.05, 4.69) is 9.98 Å². The maximum absolute atomic E-state index is 14.4. The van der Waals surface area contributed by atoms with Gasteiger partial charge in [-0.15, -0.1) is 0 Å². The summed E-state index contributed by atoms with van der Waals surface area (Å²) in [5, 5.41) is 11.7. The van der Waals surface area contributed by atoms with Gasteiger partial charge >= 0.3 is 0 Å². The highest BCUT2D eigenvalue weighted by Gasteiger charge is 2.42. The molecule has 2 unspecified atom stereocenters. The Morgan fingerprint density at radius 3 is 2.45 bits per heavy atom. The van der Waals surface area contributed by atoms with Crippen LogP contribution < -0.4 is 9.47 Å². The second-order valence-electron chi connectivity index (χ2n) is 9.69. The van der Waals surface area contributed by atoms with Crippen LogP contribution in [0.15, 0.2) is 71.1 Å². The van der Waals surface area contributed by atoms with E-state index >= 15 is 0 Å². The summed E-state index contributed by atoms with van der Waals surface area (Å²) < 4.78 is 39.0. The lowest BCUT2D eigenvalue weighted by molar-refractivity contribution is -0.129. The van der Waals surface area contributed by atoms with Crippen LogP contribution in [-0.2, 0) is 9.59 Å². The third-order valence-corrected chi connectivity index (χ3v) is 7.26. The molecule has 0 saturated carbocycles. The number of carbonyl (C=O) groups excluding carboxylic acids is 2. The summed E-state index contributed by atoms with van der Waals surface area (Å²) >= 11 is 0. The number of nitrogens with zero attached hydrogens (tertiary/aromatic N) is 3. The average molecular weight is 548 g/mol. The van der Waals surface area contributed by atoms with E-state index in [1.807, 2.05) is 6.92 Å². The summed E-state index contributed by atoms with van der Waals surface area (Å²) in [4.78, 5) is 37.1. The number of halogens is 2. The van der Waals surface area contributed by atoms with E-state index in [0.29, 0.717) is 29.2 Å². The van der Waals surface area contributed by atoms with Gasteiger partial charge in [-0.25, -0.2) is 13.8 Å². The lowest BCUT2D eigenvalue weighted by atomic mass is 9.84. The van der Waals surface area contributed by atoms with Gasteiger partial charge in [-0.1, -0.05) is 12.1 Å². The van der Waals surface area contributed by atoms with Gasteiger partial charge in [0.1, 0.15) is 34.5 Å². The van der Waals surface area contributed by atoms with Crippen LogP contribution in [0.5, 0.6) is 11.5 Å². The minimum absolute atomic E-state index is 0.0874. The van der Waals surface area contributed by atoms with E-state index in [4.69, 9.17) is 9.47 Å². The molecule has 2 amide bonds. The molecular weight excluding hydrogens is 520 g/mol. The maximum Gasteiger partial charge on any atom is 0.286 e. The number of rotatable bonds is 6. The van der Waals surface area contributed by atoms with Crippen molar-refractivity contribution in [2.24, 2.45) is 4.99 Å². The first-order chi connectivity index (χ1) is 19.2. The Morgan fingerprint density at radius 2 is 1.80 bits per heavy atom. The molecule has 0 spiro atoms. The van der Waals surface area contributed by atoms with E-state index < -0.39 is 46.6 Å². The molecule has 3 heterocycles. The number of aliphatic hydroxyl groups is 1. The standard InChI is InChI=1S/C30H27F2N3O5/c1-16-9-11-33-21(13-16)27-25(24-22(39-2)5-4-6-23(24)40-3)28(36)26(29(37)34-27)30(38)35-12-10-17(15-35)19-8-7-18(31)14-20(19)32/h4-9,11,13-14,17,25,36H,10,12,15H2,1-3H3. The number of dihydropyridines is 1. The Labute approximate surface area is 229 Å². The third-order valence-electron chi connectivity index (χ3n) is 7.26. The Hall–Kier alpha value is -4.60. The highest BCUT2D eigenvalue weighted by atomic mass is 19.1. The quantitative estimate of drug-likeness (QED) is 0.452. The fourth-order valence-electron chi connectivity index (χ4n) is 5.32. The molecule has 206 valence electrons. The van der Waals surface area contributed by atoms with Gasteiger partial charge in [0.2, 0.25) is 0 Å². The number of benzene rings is 2. The summed E-state index contributed by atoms with van der Waals surface area (Å²) in [6, 6.07) is 11.9. The summed E-state index contributed by atoms with van der Waals surface area (Å²) in [5.41, 5.74) is 1.50. The van der Waals surface area contributed by atoms with Crippen molar-refractivity contribution in [3.63, 3.8) is 0 Å². The fourth-order valence-corrected chi connectivity index (χ4v) is 5.32. The van der Waals surface area contributed by atoms with Crippen molar-refractivity contribution in [3.8, 4) is 11.5 Å². The van der Waals surface area contributed by atoms with Gasteiger partial charge < -0.3 is 19.5 Å². The molecule has 2 aliphatic rings. The number of hydrogen-bond acceptors (Lipinski definition) is 6. The van der Waals surface area contributed by atoms with Crippen LogP contribution in [0.3, 0.4) is 0 Å². The number of allylic oxidation sites excluding steroid dienone is 1. The molecule has 0 radical (unpaired) electrons. The van der Waals surface area contributed by atoms with Crippen LogP contribution in [0, 0.1) is 18.6 Å². The number of aryl methyl sites for hydroxylation is 1. The number of methoxy groups -OCH3 is 2. The normalized spacial score (nSPS) is 19.1. The lowest BCUT2D eigenvalue weighted by Gasteiger charge is -2.28. The molecule has 1 N–H and O–H groups in total. The highest BCUT2D eigenvalue weighted by Crippen LogP contribution is 2.43. The van der Waals surface area contributed by atoms with Crippen molar-refractivity contribution in [3.05, 3.63) is 100 Å². The molecule has 2 aromatic carbocycles. The van der Waals surface area contributed by atoms with Crippen LogP contribution in [0.1, 0.15) is 40.6 Å². The molecule has 5 rings (SSSR count). The number of likely N-dealkylation sites (tertiary alicyclic amines) is 1. The molecule has 8 nitrogen and oxygen atoms in total. The maximum atomic E-state index is 14.4. The minimum atomic E-state index is -1.11. The van der Waals surface area contributed by atoms with Gasteiger partial charge in [-0.05, 0) is 54.8 Å². The third kappa shape index (κ3) is 4.81. The van der Waals surface area contributed by atoms with E-state index in [1.165, 1.54) is 31.3 Å². The number of aromatic nitrogens is 1. The molecule has 40 heavy (non-hydrogen) atoms. The topological polar surface area (TPSA) is 101 Å². The number of pyridine rings is 1. The van der Waals surface area contributed by atoms with Crippen LogP contribution in [-0.4, -0.2) is 59.8 Å². The van der Waals surface area contributed by atoms with Gasteiger partial charge in [0.05, 0.1) is 37.1 Å². The van der Waals surface area contributed by atoms with Crippen molar-refractivity contribution in [1.29, 1.82) is 0 Å². The zero-order valence-corrected chi connectivity index (χ0v) is 22.1. The van der Waals surface area contributed by atoms with Gasteiger partial charge in [0, 0.05) is 31.3 Å². The summed E-state index contributed by atoms with van der Waals surface area (Å²) in [7, 11) is 2.92. The number of carbonyl (C=O) groups is 2. The zero-order chi connectivity index (χ0) is 28.6. The van der Waals surface area contributed by atoms with E-state index in [1.54, 1.807) is 36.5 Å². The van der Waals surface area contributed by atoms with Crippen molar-refractivity contribution >= 4 is 17.5 Å². The first-order valence-corrected chi connectivity index (χ1v) is 12.7. The van der Waals surface area contributed by atoms with E-state index in [-0.39, 0.29) is 24.4 Å². The van der Waals surface area contributed by atoms with Crippen LogP contribution >= 0.6 is 0 Å². The van der Waals surface area contributed by atoms with E-state index in [0.717, 1.165) is 11.6 Å². The number of aliphatic hydroxyl groups excluding tert-OH is 1. The number of aliphatic imine (C=N–C) groups is 1. The number of ether oxygens (including phenoxy) is 2. The Bertz CT molecular complexity index is 1550. The molecule has 0 bridgehead atoms. The fraction of sp³-hybridized carbons (Fsp3) is 0.267. The highest BCUT2D eigenvalue weighted by molar-refractivity contribution is 6.26. The Morgan fingerprint density at radius 1 is 1.07 bits per heavy atom. The van der Waals surface area contributed by atoms with Crippen LogP contribution in [0.2, 0.25) is 0 Å². The molecule has 2 atom stereocenters. The summed E-state index contributed by atoms with van der Waals surface area (Å²) in [5.74, 6) is -4.34. The van der Waals surface area contributed by atoms with Gasteiger partial charge in [-0.3, -0.25) is 14.6 Å². The SMILES string of the molecule is COc1cccc(OC)c1C1C(c2cc(C)ccn2)=NC(=O)C(C(=O)N2CCC(c3ccc(F)cc3F)C2)=C1O. The van der Waals surface area contributed by atoms with Crippen molar-refractivity contribution < 1.29 is 33.0 Å². The van der Waals surface area contributed by atoms with E-state index in [9.17, 15) is 23.5 Å². The molecule has 1 saturated heterocycles. The second kappa shape index (κ2) is 10.9.